The highest BCUT2D eigenvalue weighted by Gasteiger charge is 2.17. The van der Waals surface area contributed by atoms with E-state index in [0.717, 1.165) is 0 Å². The Labute approximate surface area is 85.0 Å². The van der Waals surface area contributed by atoms with Crippen LogP contribution in [0.1, 0.15) is 23.0 Å². The van der Waals surface area contributed by atoms with Crippen molar-refractivity contribution in [3.05, 3.63) is 35.4 Å². The van der Waals surface area contributed by atoms with Crippen molar-refractivity contribution in [3.63, 3.8) is 0 Å². The van der Waals surface area contributed by atoms with Crippen molar-refractivity contribution >= 4 is 11.5 Å². The van der Waals surface area contributed by atoms with E-state index in [1.807, 2.05) is 6.92 Å². The van der Waals surface area contributed by atoms with Crippen molar-refractivity contribution in [2.24, 2.45) is 0 Å². The van der Waals surface area contributed by atoms with Crippen LogP contribution in [0, 0.1) is 5.82 Å². The van der Waals surface area contributed by atoms with Gasteiger partial charge in [-0.3, -0.25) is 0 Å². The molecule has 0 bridgehead atoms. The number of pyridine rings is 1. The maximum absolute atomic E-state index is 12.9. The monoisotopic (exact) mass is 208 g/mol. The van der Waals surface area contributed by atoms with Gasteiger partial charge in [0.2, 0.25) is 0 Å². The van der Waals surface area contributed by atoms with Gasteiger partial charge in [-0.1, -0.05) is 6.92 Å². The average molecular weight is 208 g/mol. The topological polar surface area (TPSA) is 54.6 Å². The molecule has 0 aliphatic heterocycles. The highest BCUT2D eigenvalue weighted by Crippen LogP contribution is 2.16. The van der Waals surface area contributed by atoms with Crippen molar-refractivity contribution < 1.29 is 14.3 Å². The molecule has 0 fully saturated rings. The summed E-state index contributed by atoms with van der Waals surface area (Å²) in [6, 6.07) is 2.65. The third kappa shape index (κ3) is 1.45. The minimum Gasteiger partial charge on any atom is -0.478 e. The van der Waals surface area contributed by atoms with E-state index in [0.29, 0.717) is 17.6 Å². The molecule has 0 radical (unpaired) electrons. The standard InChI is InChI=1S/C10H9FN2O2/c1-2-7-9(10(14)15)8-4-3-6(11)5-13(8)12-7/h3-5H,2H2,1H3,(H,14,15). The number of carboxylic acid groups (broad SMARTS) is 1. The Bertz CT molecular complexity index is 533. The van der Waals surface area contributed by atoms with Crippen LogP contribution in [0.25, 0.3) is 5.52 Å². The molecule has 0 saturated heterocycles. The van der Waals surface area contributed by atoms with Crippen LogP contribution in [0.15, 0.2) is 18.3 Å². The number of aryl methyl sites for hydroxylation is 1. The van der Waals surface area contributed by atoms with Gasteiger partial charge in [-0.05, 0) is 18.6 Å². The number of aromatic nitrogens is 2. The van der Waals surface area contributed by atoms with Crippen molar-refractivity contribution in [3.8, 4) is 0 Å². The number of carbonyl (C=O) groups is 1. The molecular formula is C10H9FN2O2. The number of halogens is 1. The molecule has 1 N–H and O–H groups in total. The molecule has 78 valence electrons. The van der Waals surface area contributed by atoms with Crippen LogP contribution in [0.3, 0.4) is 0 Å². The number of aromatic carboxylic acids is 1. The number of nitrogens with zero attached hydrogens (tertiary/aromatic N) is 2. The lowest BCUT2D eigenvalue weighted by Crippen LogP contribution is -1.99. The lowest BCUT2D eigenvalue weighted by Gasteiger charge is -1.94. The normalized spacial score (nSPS) is 10.8. The summed E-state index contributed by atoms with van der Waals surface area (Å²) in [6.07, 6.45) is 1.67. The molecule has 0 aliphatic rings. The highest BCUT2D eigenvalue weighted by molar-refractivity contribution is 5.96. The predicted octanol–water partition coefficient (Wildman–Crippen LogP) is 1.73. The molecule has 0 atom stereocenters. The minimum atomic E-state index is -1.03. The van der Waals surface area contributed by atoms with Gasteiger partial charge in [-0.2, -0.15) is 5.10 Å². The number of fused-ring (bicyclic) bond motifs is 1. The van der Waals surface area contributed by atoms with E-state index in [2.05, 4.69) is 5.10 Å². The summed E-state index contributed by atoms with van der Waals surface area (Å²) in [5.74, 6) is -1.47. The van der Waals surface area contributed by atoms with Gasteiger partial charge in [0.25, 0.3) is 0 Å². The Morgan fingerprint density at radius 1 is 1.60 bits per heavy atom. The first-order valence-electron chi connectivity index (χ1n) is 4.53. The Morgan fingerprint density at radius 3 is 2.93 bits per heavy atom. The zero-order chi connectivity index (χ0) is 11.0. The maximum atomic E-state index is 12.9. The summed E-state index contributed by atoms with van der Waals surface area (Å²) >= 11 is 0. The molecule has 4 nitrogen and oxygen atoms in total. The molecular weight excluding hydrogens is 199 g/mol. The Hall–Kier alpha value is -1.91. The molecule has 2 aromatic heterocycles. The molecule has 2 rings (SSSR count). The summed E-state index contributed by atoms with van der Waals surface area (Å²) in [7, 11) is 0. The second kappa shape index (κ2) is 3.34. The highest BCUT2D eigenvalue weighted by atomic mass is 19.1. The fourth-order valence-electron chi connectivity index (χ4n) is 1.55. The fraction of sp³-hybridized carbons (Fsp3) is 0.200. The van der Waals surface area contributed by atoms with E-state index >= 15 is 0 Å². The van der Waals surface area contributed by atoms with Gasteiger partial charge < -0.3 is 5.11 Å². The van der Waals surface area contributed by atoms with Crippen molar-refractivity contribution in [1.82, 2.24) is 9.61 Å². The Kier molecular flexibility index (Phi) is 2.15. The van der Waals surface area contributed by atoms with Crippen LogP contribution < -0.4 is 0 Å². The first kappa shape index (κ1) is 9.64. The molecule has 0 spiro atoms. The van der Waals surface area contributed by atoms with Crippen LogP contribution in [0.5, 0.6) is 0 Å². The van der Waals surface area contributed by atoms with E-state index in [1.165, 1.54) is 22.8 Å². The lowest BCUT2D eigenvalue weighted by molar-refractivity contribution is 0.0698. The quantitative estimate of drug-likeness (QED) is 0.817. The van der Waals surface area contributed by atoms with Crippen molar-refractivity contribution in [1.29, 1.82) is 0 Å². The second-order valence-electron chi connectivity index (χ2n) is 3.16. The van der Waals surface area contributed by atoms with Gasteiger partial charge in [0.1, 0.15) is 11.4 Å². The van der Waals surface area contributed by atoms with Crippen molar-refractivity contribution in [2.75, 3.05) is 0 Å². The zero-order valence-corrected chi connectivity index (χ0v) is 8.07. The summed E-state index contributed by atoms with van der Waals surface area (Å²) in [5, 5.41) is 13.0. The Balaban J connectivity index is 2.80. The van der Waals surface area contributed by atoms with Crippen LogP contribution in [0.4, 0.5) is 4.39 Å². The molecule has 2 heterocycles. The second-order valence-corrected chi connectivity index (χ2v) is 3.16. The molecule has 0 amide bonds. The molecule has 0 unspecified atom stereocenters. The van der Waals surface area contributed by atoms with E-state index in [-0.39, 0.29) is 5.56 Å². The molecule has 15 heavy (non-hydrogen) atoms. The Morgan fingerprint density at radius 2 is 2.33 bits per heavy atom. The van der Waals surface area contributed by atoms with Gasteiger partial charge in [0, 0.05) is 0 Å². The van der Waals surface area contributed by atoms with Crippen LogP contribution in [-0.2, 0) is 6.42 Å². The molecule has 2 aromatic rings. The summed E-state index contributed by atoms with van der Waals surface area (Å²) in [5.41, 5.74) is 1.03. The van der Waals surface area contributed by atoms with Crippen molar-refractivity contribution in [2.45, 2.75) is 13.3 Å². The van der Waals surface area contributed by atoms with Gasteiger partial charge in [0.05, 0.1) is 17.4 Å². The third-order valence-corrected chi connectivity index (χ3v) is 2.21. The molecule has 0 saturated carbocycles. The molecule has 0 aromatic carbocycles. The van der Waals surface area contributed by atoms with E-state index in [1.54, 1.807) is 0 Å². The number of carboxylic acids is 1. The molecule has 5 heteroatoms. The number of hydrogen-bond acceptors (Lipinski definition) is 2. The minimum absolute atomic E-state index is 0.150. The van der Waals surface area contributed by atoms with E-state index < -0.39 is 11.8 Å². The SMILES string of the molecule is CCc1nn2cc(F)ccc2c1C(=O)O. The average Bonchev–Trinajstić information content (AvgIpc) is 2.54. The maximum Gasteiger partial charge on any atom is 0.339 e. The first-order chi connectivity index (χ1) is 7.13. The first-order valence-corrected chi connectivity index (χ1v) is 4.53. The largest absolute Gasteiger partial charge is 0.478 e. The fourth-order valence-corrected chi connectivity index (χ4v) is 1.55. The van der Waals surface area contributed by atoms with Gasteiger partial charge in [0.15, 0.2) is 0 Å². The smallest absolute Gasteiger partial charge is 0.339 e. The van der Waals surface area contributed by atoms with E-state index in [4.69, 9.17) is 5.11 Å². The van der Waals surface area contributed by atoms with Gasteiger partial charge in [-0.25, -0.2) is 13.7 Å². The predicted molar refractivity (Wildman–Crippen MR) is 51.5 cm³/mol. The van der Waals surface area contributed by atoms with Gasteiger partial charge >= 0.3 is 5.97 Å². The summed E-state index contributed by atoms with van der Waals surface area (Å²) < 4.78 is 14.1. The van der Waals surface area contributed by atoms with E-state index in [9.17, 15) is 9.18 Å². The van der Waals surface area contributed by atoms with Crippen LogP contribution >= 0.6 is 0 Å². The molecule has 0 aliphatic carbocycles. The van der Waals surface area contributed by atoms with Crippen LogP contribution in [-0.4, -0.2) is 20.7 Å². The number of hydrogen-bond donors (Lipinski definition) is 1. The van der Waals surface area contributed by atoms with Crippen LogP contribution in [0.2, 0.25) is 0 Å². The van der Waals surface area contributed by atoms with Gasteiger partial charge in [-0.15, -0.1) is 0 Å². The number of rotatable bonds is 2. The zero-order valence-electron chi connectivity index (χ0n) is 8.07. The summed E-state index contributed by atoms with van der Waals surface area (Å²) in [4.78, 5) is 11.0. The summed E-state index contributed by atoms with van der Waals surface area (Å²) in [6.45, 7) is 1.81. The lowest BCUT2D eigenvalue weighted by atomic mass is 10.1. The third-order valence-electron chi connectivity index (χ3n) is 2.21.